The van der Waals surface area contributed by atoms with E-state index >= 15 is 0 Å². The molecule has 112 valence electrons. The van der Waals surface area contributed by atoms with Gasteiger partial charge in [0, 0.05) is 50.1 Å². The zero-order valence-electron chi connectivity index (χ0n) is 12.5. The lowest BCUT2D eigenvalue weighted by atomic mass is 10.1. The van der Waals surface area contributed by atoms with E-state index in [1.807, 2.05) is 37.0 Å². The van der Waals surface area contributed by atoms with E-state index in [2.05, 4.69) is 20.0 Å². The molecule has 21 heavy (non-hydrogen) atoms. The smallest absolute Gasteiger partial charge is 0.222 e. The van der Waals surface area contributed by atoms with Gasteiger partial charge >= 0.3 is 0 Å². The van der Waals surface area contributed by atoms with E-state index in [-0.39, 0.29) is 11.9 Å². The summed E-state index contributed by atoms with van der Waals surface area (Å²) in [5, 5.41) is 7.49. The van der Waals surface area contributed by atoms with Crippen molar-refractivity contribution in [1.29, 1.82) is 0 Å². The monoisotopic (exact) mass is 287 g/mol. The number of hydrogen-bond donors (Lipinski definition) is 1. The number of amides is 1. The van der Waals surface area contributed by atoms with Gasteiger partial charge in [0.25, 0.3) is 0 Å². The first-order valence-corrected chi connectivity index (χ1v) is 7.42. The van der Waals surface area contributed by atoms with Gasteiger partial charge in [-0.15, -0.1) is 0 Å². The molecule has 0 bridgehead atoms. The van der Waals surface area contributed by atoms with Gasteiger partial charge in [-0.25, -0.2) is 4.98 Å². The van der Waals surface area contributed by atoms with Crippen molar-refractivity contribution in [2.45, 2.75) is 52.2 Å². The van der Waals surface area contributed by atoms with E-state index in [0.717, 1.165) is 36.6 Å². The van der Waals surface area contributed by atoms with Crippen molar-refractivity contribution in [1.82, 2.24) is 24.6 Å². The molecular formula is C15H21N5O. The fourth-order valence-electron chi connectivity index (χ4n) is 2.89. The third kappa shape index (κ3) is 3.15. The Kier molecular flexibility index (Phi) is 3.77. The van der Waals surface area contributed by atoms with Crippen LogP contribution in [0.2, 0.25) is 0 Å². The minimum atomic E-state index is 0.0936. The first kappa shape index (κ1) is 13.9. The fraction of sp³-hybridized carbons (Fsp3) is 0.533. The summed E-state index contributed by atoms with van der Waals surface area (Å²) in [6.07, 6.45) is 6.15. The standard InChI is InChI=1S/C15H21N5O/c1-11-9-12(2)20(18-11)7-5-15(21)17-13-3-4-14-16-6-8-19(14)10-13/h6,8-9,13H,3-5,7,10H2,1-2H3,(H,17,21). The van der Waals surface area contributed by atoms with Crippen LogP contribution in [0.4, 0.5) is 0 Å². The second-order valence-corrected chi connectivity index (χ2v) is 5.70. The third-order valence-corrected chi connectivity index (χ3v) is 3.95. The Morgan fingerprint density at radius 1 is 1.48 bits per heavy atom. The molecule has 0 saturated carbocycles. The molecule has 3 heterocycles. The normalized spacial score (nSPS) is 17.5. The quantitative estimate of drug-likeness (QED) is 0.919. The van der Waals surface area contributed by atoms with Crippen LogP contribution in [0.3, 0.4) is 0 Å². The van der Waals surface area contributed by atoms with E-state index in [1.165, 1.54) is 0 Å². The van der Waals surface area contributed by atoms with E-state index in [0.29, 0.717) is 13.0 Å². The lowest BCUT2D eigenvalue weighted by Crippen LogP contribution is -2.41. The molecular weight excluding hydrogens is 266 g/mol. The molecule has 0 aromatic carbocycles. The maximum absolute atomic E-state index is 12.1. The van der Waals surface area contributed by atoms with Gasteiger partial charge in [-0.1, -0.05) is 0 Å². The van der Waals surface area contributed by atoms with Crippen LogP contribution in [0.25, 0.3) is 0 Å². The Labute approximate surface area is 124 Å². The maximum atomic E-state index is 12.1. The molecule has 2 aromatic heterocycles. The van der Waals surface area contributed by atoms with Crippen molar-refractivity contribution in [3.8, 4) is 0 Å². The molecule has 6 nitrogen and oxygen atoms in total. The minimum absolute atomic E-state index is 0.0936. The summed E-state index contributed by atoms with van der Waals surface area (Å²) < 4.78 is 4.01. The van der Waals surface area contributed by atoms with Crippen LogP contribution in [0, 0.1) is 13.8 Å². The largest absolute Gasteiger partial charge is 0.352 e. The Hall–Kier alpha value is -2.11. The van der Waals surface area contributed by atoms with Crippen LogP contribution in [-0.4, -0.2) is 31.3 Å². The number of carbonyl (C=O) groups is 1. The number of nitrogens with zero attached hydrogens (tertiary/aromatic N) is 4. The van der Waals surface area contributed by atoms with Crippen LogP contribution in [-0.2, 0) is 24.3 Å². The van der Waals surface area contributed by atoms with Gasteiger partial charge in [0.1, 0.15) is 5.82 Å². The molecule has 0 saturated heterocycles. The Bertz CT molecular complexity index is 642. The summed E-state index contributed by atoms with van der Waals surface area (Å²) in [5.41, 5.74) is 2.09. The van der Waals surface area contributed by atoms with Crippen LogP contribution < -0.4 is 5.32 Å². The second kappa shape index (κ2) is 5.71. The second-order valence-electron chi connectivity index (χ2n) is 5.70. The van der Waals surface area contributed by atoms with Crippen molar-refractivity contribution in [2.24, 2.45) is 0 Å². The highest BCUT2D eigenvalue weighted by atomic mass is 16.1. The van der Waals surface area contributed by atoms with Crippen LogP contribution in [0.5, 0.6) is 0 Å². The van der Waals surface area contributed by atoms with Crippen molar-refractivity contribution >= 4 is 5.91 Å². The summed E-state index contributed by atoms with van der Waals surface area (Å²) in [4.78, 5) is 16.4. The van der Waals surface area contributed by atoms with Crippen LogP contribution >= 0.6 is 0 Å². The van der Waals surface area contributed by atoms with E-state index in [9.17, 15) is 4.79 Å². The van der Waals surface area contributed by atoms with Crippen molar-refractivity contribution < 1.29 is 4.79 Å². The highest BCUT2D eigenvalue weighted by molar-refractivity contribution is 5.76. The van der Waals surface area contributed by atoms with Gasteiger partial charge in [0.05, 0.1) is 5.69 Å². The zero-order valence-corrected chi connectivity index (χ0v) is 12.5. The lowest BCUT2D eigenvalue weighted by Gasteiger charge is -2.24. The molecule has 1 unspecified atom stereocenters. The molecule has 2 aromatic rings. The van der Waals surface area contributed by atoms with Crippen molar-refractivity contribution in [3.05, 3.63) is 35.7 Å². The number of fused-ring (bicyclic) bond motifs is 1. The number of aryl methyl sites for hydroxylation is 4. The van der Waals surface area contributed by atoms with Gasteiger partial charge in [-0.05, 0) is 26.3 Å². The predicted molar refractivity (Wildman–Crippen MR) is 78.8 cm³/mol. The van der Waals surface area contributed by atoms with Gasteiger partial charge in [-0.2, -0.15) is 5.10 Å². The highest BCUT2D eigenvalue weighted by Gasteiger charge is 2.20. The van der Waals surface area contributed by atoms with E-state index in [1.54, 1.807) is 0 Å². The number of hydrogen-bond acceptors (Lipinski definition) is 3. The number of rotatable bonds is 4. The molecule has 0 spiro atoms. The zero-order chi connectivity index (χ0) is 14.8. The van der Waals surface area contributed by atoms with Gasteiger partial charge in [0.15, 0.2) is 0 Å². The molecule has 3 rings (SSSR count). The summed E-state index contributed by atoms with van der Waals surface area (Å²) in [7, 11) is 0. The lowest BCUT2D eigenvalue weighted by molar-refractivity contribution is -0.122. The molecule has 0 fully saturated rings. The van der Waals surface area contributed by atoms with Crippen LogP contribution in [0.15, 0.2) is 18.5 Å². The number of imidazole rings is 1. The Morgan fingerprint density at radius 3 is 3.10 bits per heavy atom. The number of aromatic nitrogens is 4. The average molecular weight is 287 g/mol. The Balaban J connectivity index is 1.50. The van der Waals surface area contributed by atoms with Gasteiger partial charge in [0.2, 0.25) is 5.91 Å². The van der Waals surface area contributed by atoms with Crippen molar-refractivity contribution in [3.63, 3.8) is 0 Å². The minimum Gasteiger partial charge on any atom is -0.352 e. The van der Waals surface area contributed by atoms with E-state index < -0.39 is 0 Å². The maximum Gasteiger partial charge on any atom is 0.222 e. The average Bonchev–Trinajstić information content (AvgIpc) is 3.02. The molecule has 0 aliphatic carbocycles. The number of carbonyl (C=O) groups excluding carboxylic acids is 1. The fourth-order valence-corrected chi connectivity index (χ4v) is 2.89. The van der Waals surface area contributed by atoms with Gasteiger partial charge in [-0.3, -0.25) is 9.48 Å². The molecule has 0 radical (unpaired) electrons. The highest BCUT2D eigenvalue weighted by Crippen LogP contribution is 2.13. The SMILES string of the molecule is Cc1cc(C)n(CCC(=O)NC2CCc3nccn3C2)n1. The summed E-state index contributed by atoms with van der Waals surface area (Å²) in [6.45, 7) is 5.43. The topological polar surface area (TPSA) is 64.7 Å². The molecule has 1 aliphatic rings. The first-order valence-electron chi connectivity index (χ1n) is 7.42. The molecule has 1 amide bonds. The summed E-state index contributed by atoms with van der Waals surface area (Å²) in [6, 6.07) is 2.24. The molecule has 1 aliphatic heterocycles. The molecule has 6 heteroatoms. The number of nitrogens with one attached hydrogen (secondary N) is 1. The summed E-state index contributed by atoms with van der Waals surface area (Å²) in [5.74, 6) is 1.21. The molecule has 1 N–H and O–H groups in total. The molecule has 1 atom stereocenters. The predicted octanol–water partition coefficient (Wildman–Crippen LogP) is 1.22. The Morgan fingerprint density at radius 2 is 2.33 bits per heavy atom. The van der Waals surface area contributed by atoms with Gasteiger partial charge < -0.3 is 9.88 Å². The first-order chi connectivity index (χ1) is 10.1. The van der Waals surface area contributed by atoms with Crippen molar-refractivity contribution in [2.75, 3.05) is 0 Å². The summed E-state index contributed by atoms with van der Waals surface area (Å²) >= 11 is 0. The van der Waals surface area contributed by atoms with E-state index in [4.69, 9.17) is 0 Å². The van der Waals surface area contributed by atoms with Crippen LogP contribution in [0.1, 0.15) is 30.1 Å². The third-order valence-electron chi connectivity index (χ3n) is 3.95.